The number of nitrogens with one attached hydrogen (secondary N) is 3. The van der Waals surface area contributed by atoms with Crippen molar-refractivity contribution in [2.24, 2.45) is 5.92 Å². The van der Waals surface area contributed by atoms with Crippen LogP contribution in [0.5, 0.6) is 0 Å². The Morgan fingerprint density at radius 1 is 1.21 bits per heavy atom. The Morgan fingerprint density at radius 3 is 2.64 bits per heavy atom. The van der Waals surface area contributed by atoms with Gasteiger partial charge in [0.05, 0.1) is 18.7 Å². The number of urea groups is 1. The van der Waals surface area contributed by atoms with Crippen molar-refractivity contribution in [3.63, 3.8) is 0 Å². The summed E-state index contributed by atoms with van der Waals surface area (Å²) in [6, 6.07) is -0.315. The van der Waals surface area contributed by atoms with E-state index < -0.39 is 5.97 Å². The fraction of sp³-hybridized carbons (Fsp3) is 0.737. The number of rotatable bonds is 10. The summed E-state index contributed by atoms with van der Waals surface area (Å²) >= 11 is 0. The number of ether oxygens (including phenoxy) is 2. The second kappa shape index (κ2) is 11.7. The number of hydrogen-bond acceptors (Lipinski definition) is 6. The van der Waals surface area contributed by atoms with Gasteiger partial charge in [-0.05, 0) is 46.2 Å². The molecule has 158 valence electrons. The summed E-state index contributed by atoms with van der Waals surface area (Å²) in [6.07, 6.45) is 2.33. The van der Waals surface area contributed by atoms with E-state index in [-0.39, 0.29) is 31.0 Å². The van der Waals surface area contributed by atoms with Crippen LogP contribution in [0.1, 0.15) is 33.1 Å². The first-order valence-corrected chi connectivity index (χ1v) is 10.1. The molecule has 0 unspecified atom stereocenters. The largest absolute Gasteiger partial charge is 0.463 e. The molecule has 9 nitrogen and oxygen atoms in total. The van der Waals surface area contributed by atoms with Gasteiger partial charge in [0, 0.05) is 37.9 Å². The van der Waals surface area contributed by atoms with Gasteiger partial charge in [0.2, 0.25) is 5.91 Å². The molecule has 1 fully saturated rings. The monoisotopic (exact) mass is 396 g/mol. The van der Waals surface area contributed by atoms with Crippen LogP contribution in [0, 0.1) is 5.92 Å². The van der Waals surface area contributed by atoms with E-state index in [4.69, 9.17) is 9.47 Å². The van der Waals surface area contributed by atoms with Gasteiger partial charge in [-0.15, -0.1) is 0 Å². The van der Waals surface area contributed by atoms with Crippen LogP contribution in [0.15, 0.2) is 11.3 Å². The second-order valence-electron chi connectivity index (χ2n) is 6.88. The Kier molecular flexibility index (Phi) is 9.22. The number of amides is 3. The van der Waals surface area contributed by atoms with Gasteiger partial charge in [-0.1, -0.05) is 0 Å². The highest BCUT2D eigenvalue weighted by Gasteiger charge is 2.28. The maximum atomic E-state index is 12.3. The summed E-state index contributed by atoms with van der Waals surface area (Å²) in [4.78, 5) is 38.2. The predicted molar refractivity (Wildman–Crippen MR) is 103 cm³/mol. The molecule has 2 aliphatic heterocycles. The lowest BCUT2D eigenvalue weighted by Gasteiger charge is -2.33. The zero-order valence-corrected chi connectivity index (χ0v) is 16.8. The molecule has 0 aromatic carbocycles. The molecular weight excluding hydrogens is 364 g/mol. The van der Waals surface area contributed by atoms with Gasteiger partial charge in [-0.3, -0.25) is 9.69 Å². The predicted octanol–water partition coefficient (Wildman–Crippen LogP) is 0.371. The molecule has 1 saturated heterocycles. The van der Waals surface area contributed by atoms with Gasteiger partial charge in [-0.25, -0.2) is 9.59 Å². The average molecular weight is 396 g/mol. The average Bonchev–Trinajstić information content (AvgIpc) is 2.68. The van der Waals surface area contributed by atoms with Crippen LogP contribution in [-0.2, 0) is 19.1 Å². The Balaban J connectivity index is 1.81. The van der Waals surface area contributed by atoms with E-state index in [1.807, 2.05) is 6.92 Å². The normalized spacial score (nSPS) is 18.4. The van der Waals surface area contributed by atoms with Gasteiger partial charge in [0.15, 0.2) is 0 Å². The van der Waals surface area contributed by atoms with Crippen molar-refractivity contribution in [2.75, 3.05) is 52.5 Å². The van der Waals surface area contributed by atoms with E-state index in [1.54, 1.807) is 6.92 Å². The summed E-state index contributed by atoms with van der Waals surface area (Å²) in [6.45, 7) is 8.07. The molecule has 9 heteroatoms. The SMILES string of the molecule is CCOCCCNC(=O)C1CCN(CC2=C(C(=O)OCC)CNC(=O)N2)CC1. The Labute approximate surface area is 166 Å². The number of carbonyl (C=O) groups is 3. The zero-order chi connectivity index (χ0) is 20.4. The summed E-state index contributed by atoms with van der Waals surface area (Å²) < 4.78 is 10.3. The summed E-state index contributed by atoms with van der Waals surface area (Å²) in [5.41, 5.74) is 1.04. The van der Waals surface area contributed by atoms with Crippen molar-refractivity contribution in [3.05, 3.63) is 11.3 Å². The minimum absolute atomic E-state index is 0.00413. The molecule has 0 aliphatic carbocycles. The molecule has 0 saturated carbocycles. The lowest BCUT2D eigenvalue weighted by Crippen LogP contribution is -2.48. The highest BCUT2D eigenvalue weighted by Crippen LogP contribution is 2.19. The van der Waals surface area contributed by atoms with Crippen LogP contribution in [0.2, 0.25) is 0 Å². The lowest BCUT2D eigenvalue weighted by atomic mass is 9.95. The van der Waals surface area contributed by atoms with E-state index in [2.05, 4.69) is 20.9 Å². The molecular formula is C19H32N4O5. The smallest absolute Gasteiger partial charge is 0.337 e. The van der Waals surface area contributed by atoms with Crippen LogP contribution in [-0.4, -0.2) is 75.4 Å². The highest BCUT2D eigenvalue weighted by molar-refractivity contribution is 5.93. The summed E-state index contributed by atoms with van der Waals surface area (Å²) in [7, 11) is 0. The number of esters is 1. The minimum Gasteiger partial charge on any atom is -0.463 e. The number of nitrogens with zero attached hydrogens (tertiary/aromatic N) is 1. The Hall–Kier alpha value is -2.13. The van der Waals surface area contributed by atoms with Crippen molar-refractivity contribution in [3.8, 4) is 0 Å². The first-order valence-electron chi connectivity index (χ1n) is 10.1. The number of likely N-dealkylation sites (tertiary alicyclic amines) is 1. The van der Waals surface area contributed by atoms with Crippen LogP contribution >= 0.6 is 0 Å². The second-order valence-corrected chi connectivity index (χ2v) is 6.88. The number of piperidine rings is 1. The fourth-order valence-corrected chi connectivity index (χ4v) is 3.33. The Morgan fingerprint density at radius 2 is 1.96 bits per heavy atom. The van der Waals surface area contributed by atoms with Gasteiger partial charge < -0.3 is 25.4 Å². The van der Waals surface area contributed by atoms with Crippen LogP contribution in [0.3, 0.4) is 0 Å². The maximum absolute atomic E-state index is 12.3. The van der Waals surface area contributed by atoms with Gasteiger partial charge in [0.1, 0.15) is 0 Å². The van der Waals surface area contributed by atoms with E-state index >= 15 is 0 Å². The first kappa shape index (κ1) is 22.2. The molecule has 28 heavy (non-hydrogen) atoms. The van der Waals surface area contributed by atoms with Crippen LogP contribution in [0.25, 0.3) is 0 Å². The molecule has 0 aromatic heterocycles. The van der Waals surface area contributed by atoms with E-state index in [1.165, 1.54) is 0 Å². The number of hydrogen-bond donors (Lipinski definition) is 3. The minimum atomic E-state index is -0.411. The lowest BCUT2D eigenvalue weighted by molar-refractivity contribution is -0.138. The van der Waals surface area contributed by atoms with Gasteiger partial charge in [0.25, 0.3) is 0 Å². The third-order valence-electron chi connectivity index (χ3n) is 4.89. The van der Waals surface area contributed by atoms with E-state index in [0.29, 0.717) is 37.6 Å². The van der Waals surface area contributed by atoms with E-state index in [0.717, 1.165) is 32.4 Å². The van der Waals surface area contributed by atoms with E-state index in [9.17, 15) is 14.4 Å². The molecule has 0 radical (unpaired) electrons. The topological polar surface area (TPSA) is 109 Å². The van der Waals surface area contributed by atoms with Crippen molar-refractivity contribution in [1.29, 1.82) is 0 Å². The van der Waals surface area contributed by atoms with Crippen LogP contribution in [0.4, 0.5) is 4.79 Å². The molecule has 2 aliphatic rings. The zero-order valence-electron chi connectivity index (χ0n) is 16.8. The standard InChI is InChI=1S/C19H32N4O5/c1-3-27-11-5-8-20-17(24)14-6-9-23(10-7-14)13-16-15(18(25)28-4-2)12-21-19(26)22-16/h14H,3-13H2,1-2H3,(H,20,24)(H2,21,22,26). The van der Waals surface area contributed by atoms with Crippen molar-refractivity contribution >= 4 is 17.9 Å². The van der Waals surface area contributed by atoms with Crippen LogP contribution < -0.4 is 16.0 Å². The summed E-state index contributed by atoms with van der Waals surface area (Å²) in [5, 5.41) is 8.31. The summed E-state index contributed by atoms with van der Waals surface area (Å²) in [5.74, 6) is -0.312. The third kappa shape index (κ3) is 6.79. The quantitative estimate of drug-likeness (QED) is 0.364. The third-order valence-corrected chi connectivity index (χ3v) is 4.89. The molecule has 0 spiro atoms. The Bertz CT molecular complexity index is 585. The molecule has 2 rings (SSSR count). The van der Waals surface area contributed by atoms with Gasteiger partial charge in [-0.2, -0.15) is 0 Å². The first-order chi connectivity index (χ1) is 13.5. The molecule has 0 atom stereocenters. The highest BCUT2D eigenvalue weighted by atomic mass is 16.5. The fourth-order valence-electron chi connectivity index (χ4n) is 3.33. The number of carbonyl (C=O) groups excluding carboxylic acids is 3. The molecule has 3 amide bonds. The molecule has 2 heterocycles. The molecule has 0 aromatic rings. The molecule has 3 N–H and O–H groups in total. The molecule has 0 bridgehead atoms. The maximum Gasteiger partial charge on any atom is 0.337 e. The van der Waals surface area contributed by atoms with Gasteiger partial charge >= 0.3 is 12.0 Å². The van der Waals surface area contributed by atoms with Crippen molar-refractivity contribution in [1.82, 2.24) is 20.9 Å². The van der Waals surface area contributed by atoms with Crippen molar-refractivity contribution in [2.45, 2.75) is 33.1 Å². The van der Waals surface area contributed by atoms with Crippen molar-refractivity contribution < 1.29 is 23.9 Å².